The van der Waals surface area contributed by atoms with E-state index in [1.807, 2.05) is 104 Å². The Morgan fingerprint density at radius 3 is 1.82 bits per heavy atom. The number of furan rings is 1. The zero-order valence-electron chi connectivity index (χ0n) is 15.6. The van der Waals surface area contributed by atoms with Gasteiger partial charge in [0, 0.05) is 5.56 Å². The Hall–Kier alpha value is -3.59. The molecule has 0 aliphatic heterocycles. The van der Waals surface area contributed by atoms with Crippen molar-refractivity contribution in [1.82, 2.24) is 5.32 Å². The highest BCUT2D eigenvalue weighted by molar-refractivity contribution is 5.96. The molecule has 0 radical (unpaired) electrons. The van der Waals surface area contributed by atoms with Gasteiger partial charge in [-0.15, -0.1) is 0 Å². The molecular formula is C25H21NO2. The van der Waals surface area contributed by atoms with Crippen molar-refractivity contribution in [2.24, 2.45) is 0 Å². The Morgan fingerprint density at radius 1 is 0.786 bits per heavy atom. The van der Waals surface area contributed by atoms with E-state index in [1.54, 1.807) is 0 Å². The van der Waals surface area contributed by atoms with Crippen LogP contribution in [0.1, 0.15) is 33.3 Å². The summed E-state index contributed by atoms with van der Waals surface area (Å²) >= 11 is 0. The first-order chi connectivity index (χ1) is 13.7. The number of benzene rings is 3. The molecule has 3 aromatic carbocycles. The van der Waals surface area contributed by atoms with Gasteiger partial charge >= 0.3 is 0 Å². The van der Waals surface area contributed by atoms with Crippen LogP contribution in [0.3, 0.4) is 0 Å². The predicted octanol–water partition coefficient (Wildman–Crippen LogP) is 5.77. The van der Waals surface area contributed by atoms with E-state index < -0.39 is 0 Å². The molecule has 0 spiro atoms. The van der Waals surface area contributed by atoms with Crippen molar-refractivity contribution in [3.63, 3.8) is 0 Å². The fraction of sp³-hybridized carbons (Fsp3) is 0.0800. The summed E-state index contributed by atoms with van der Waals surface area (Å²) in [5.74, 6) is 1.15. The van der Waals surface area contributed by atoms with Gasteiger partial charge in [-0.2, -0.15) is 0 Å². The molecule has 0 saturated heterocycles. The van der Waals surface area contributed by atoms with Crippen LogP contribution in [0.5, 0.6) is 0 Å². The molecule has 0 aliphatic rings. The lowest BCUT2D eigenvalue weighted by Crippen LogP contribution is -2.29. The molecule has 1 N–H and O–H groups in total. The van der Waals surface area contributed by atoms with E-state index in [4.69, 9.17) is 4.42 Å². The number of carbonyl (C=O) groups excluding carboxylic acids is 1. The largest absolute Gasteiger partial charge is 0.461 e. The van der Waals surface area contributed by atoms with Gasteiger partial charge in [-0.25, -0.2) is 0 Å². The molecule has 4 rings (SSSR count). The molecule has 0 fully saturated rings. The van der Waals surface area contributed by atoms with Gasteiger partial charge < -0.3 is 9.73 Å². The molecule has 1 amide bonds. The first-order valence-corrected chi connectivity index (χ1v) is 9.29. The summed E-state index contributed by atoms with van der Waals surface area (Å²) in [6.07, 6.45) is 0. The third-order valence-corrected chi connectivity index (χ3v) is 4.76. The van der Waals surface area contributed by atoms with Gasteiger partial charge in [0.1, 0.15) is 11.5 Å². The highest BCUT2D eigenvalue weighted by Gasteiger charge is 2.21. The van der Waals surface area contributed by atoms with Crippen LogP contribution in [0.2, 0.25) is 0 Å². The van der Waals surface area contributed by atoms with Gasteiger partial charge in [0.05, 0.1) is 11.6 Å². The van der Waals surface area contributed by atoms with Gasteiger partial charge in [-0.3, -0.25) is 4.79 Å². The minimum Gasteiger partial charge on any atom is -0.461 e. The number of rotatable bonds is 5. The lowest BCUT2D eigenvalue weighted by molar-refractivity contribution is 0.0941. The van der Waals surface area contributed by atoms with E-state index in [2.05, 4.69) is 5.32 Å². The van der Waals surface area contributed by atoms with Crippen molar-refractivity contribution in [3.8, 4) is 11.3 Å². The van der Waals surface area contributed by atoms with Crippen LogP contribution < -0.4 is 5.32 Å². The average Bonchev–Trinajstić information content (AvgIpc) is 3.15. The first-order valence-electron chi connectivity index (χ1n) is 9.29. The molecular weight excluding hydrogens is 346 g/mol. The standard InChI is InChI=1S/C25H21NO2/c1-18-22(17-23(28-18)19-11-5-2-6-12-19)25(27)26-24(20-13-7-3-8-14-20)21-15-9-4-10-16-21/h2-17,24H,1H3,(H,26,27). The van der Waals surface area contributed by atoms with E-state index in [0.29, 0.717) is 17.1 Å². The monoisotopic (exact) mass is 367 g/mol. The topological polar surface area (TPSA) is 42.2 Å². The Morgan fingerprint density at radius 2 is 1.29 bits per heavy atom. The summed E-state index contributed by atoms with van der Waals surface area (Å²) in [4.78, 5) is 13.1. The number of nitrogens with one attached hydrogen (secondary N) is 1. The zero-order chi connectivity index (χ0) is 19.3. The Balaban J connectivity index is 1.65. The van der Waals surface area contributed by atoms with Gasteiger partial charge in [-0.1, -0.05) is 91.0 Å². The molecule has 3 heteroatoms. The fourth-order valence-electron chi connectivity index (χ4n) is 3.31. The van der Waals surface area contributed by atoms with Gasteiger partial charge in [0.2, 0.25) is 0 Å². The van der Waals surface area contributed by atoms with Crippen LogP contribution in [-0.2, 0) is 0 Å². The van der Waals surface area contributed by atoms with E-state index in [0.717, 1.165) is 16.7 Å². The van der Waals surface area contributed by atoms with E-state index in [-0.39, 0.29) is 11.9 Å². The molecule has 0 bridgehead atoms. The number of aryl methyl sites for hydroxylation is 1. The van der Waals surface area contributed by atoms with Gasteiger partial charge in [0.15, 0.2) is 0 Å². The molecule has 1 aromatic heterocycles. The summed E-state index contributed by atoms with van der Waals surface area (Å²) in [7, 11) is 0. The lowest BCUT2D eigenvalue weighted by atomic mass is 9.98. The predicted molar refractivity (Wildman–Crippen MR) is 111 cm³/mol. The molecule has 4 aromatic rings. The molecule has 3 nitrogen and oxygen atoms in total. The number of hydrogen-bond acceptors (Lipinski definition) is 2. The third kappa shape index (κ3) is 3.74. The summed E-state index contributed by atoms with van der Waals surface area (Å²) in [5, 5.41) is 3.17. The molecule has 28 heavy (non-hydrogen) atoms. The van der Waals surface area contributed by atoms with Crippen LogP contribution in [-0.4, -0.2) is 5.91 Å². The number of amides is 1. The van der Waals surface area contributed by atoms with Crippen LogP contribution in [0.25, 0.3) is 11.3 Å². The van der Waals surface area contributed by atoms with Crippen molar-refractivity contribution in [2.45, 2.75) is 13.0 Å². The van der Waals surface area contributed by atoms with Crippen molar-refractivity contribution >= 4 is 5.91 Å². The smallest absolute Gasteiger partial charge is 0.255 e. The summed E-state index contributed by atoms with van der Waals surface area (Å²) < 4.78 is 5.85. The minimum absolute atomic E-state index is 0.152. The second-order valence-corrected chi connectivity index (χ2v) is 6.67. The van der Waals surface area contributed by atoms with Gasteiger partial charge in [-0.05, 0) is 24.1 Å². The normalized spacial score (nSPS) is 10.8. The minimum atomic E-state index is -0.232. The maximum absolute atomic E-state index is 13.1. The Labute approximate surface area is 164 Å². The van der Waals surface area contributed by atoms with Crippen molar-refractivity contribution in [1.29, 1.82) is 0 Å². The summed E-state index contributed by atoms with van der Waals surface area (Å²) in [6.45, 7) is 1.82. The highest BCUT2D eigenvalue weighted by atomic mass is 16.3. The van der Waals surface area contributed by atoms with E-state index in [9.17, 15) is 4.79 Å². The van der Waals surface area contributed by atoms with Crippen LogP contribution in [0, 0.1) is 6.92 Å². The Bertz CT molecular complexity index is 1010. The van der Waals surface area contributed by atoms with Gasteiger partial charge in [0.25, 0.3) is 5.91 Å². The first kappa shape index (κ1) is 17.8. The quantitative estimate of drug-likeness (QED) is 0.486. The molecule has 0 atom stereocenters. The molecule has 0 unspecified atom stereocenters. The van der Waals surface area contributed by atoms with Crippen LogP contribution in [0.4, 0.5) is 0 Å². The Kier molecular flexibility index (Phi) is 5.07. The average molecular weight is 367 g/mol. The van der Waals surface area contributed by atoms with Crippen molar-refractivity contribution in [2.75, 3.05) is 0 Å². The van der Waals surface area contributed by atoms with Crippen LogP contribution >= 0.6 is 0 Å². The number of carbonyl (C=O) groups is 1. The molecule has 0 saturated carbocycles. The SMILES string of the molecule is Cc1oc(-c2ccccc2)cc1C(=O)NC(c1ccccc1)c1ccccc1. The second kappa shape index (κ2) is 7.97. The summed E-state index contributed by atoms with van der Waals surface area (Å²) in [5.41, 5.74) is 3.57. The summed E-state index contributed by atoms with van der Waals surface area (Å²) in [6, 6.07) is 31.3. The van der Waals surface area contributed by atoms with Crippen molar-refractivity contribution in [3.05, 3.63) is 120 Å². The maximum atomic E-state index is 13.1. The maximum Gasteiger partial charge on any atom is 0.255 e. The fourth-order valence-corrected chi connectivity index (χ4v) is 3.31. The van der Waals surface area contributed by atoms with Crippen LogP contribution in [0.15, 0.2) is 101 Å². The second-order valence-electron chi connectivity index (χ2n) is 6.67. The van der Waals surface area contributed by atoms with Crippen molar-refractivity contribution < 1.29 is 9.21 Å². The number of hydrogen-bond donors (Lipinski definition) is 1. The van der Waals surface area contributed by atoms with E-state index in [1.165, 1.54) is 0 Å². The third-order valence-electron chi connectivity index (χ3n) is 4.76. The lowest BCUT2D eigenvalue weighted by Gasteiger charge is -2.19. The van der Waals surface area contributed by atoms with E-state index >= 15 is 0 Å². The molecule has 138 valence electrons. The molecule has 1 heterocycles. The zero-order valence-corrected chi connectivity index (χ0v) is 15.6. The highest BCUT2D eigenvalue weighted by Crippen LogP contribution is 2.27. The molecule has 0 aliphatic carbocycles.